The first kappa shape index (κ1) is 13.4. The third-order valence-corrected chi connectivity index (χ3v) is 3.21. The van der Waals surface area contributed by atoms with Crippen LogP contribution < -0.4 is 10.5 Å². The number of aromatic nitrogens is 2. The van der Waals surface area contributed by atoms with Gasteiger partial charge in [0.05, 0.1) is 23.9 Å². The third kappa shape index (κ3) is 2.95. The Hall–Kier alpha value is -2.59. The Labute approximate surface area is 123 Å². The van der Waals surface area contributed by atoms with Gasteiger partial charge in [-0.3, -0.25) is 0 Å². The molecule has 0 aliphatic carbocycles. The number of nitrogens with zero attached hydrogens (tertiary/aromatic N) is 2. The molecule has 0 bridgehead atoms. The molecule has 0 radical (unpaired) electrons. The largest absolute Gasteiger partial charge is 0.457 e. The quantitative estimate of drug-likeness (QED) is 0.792. The van der Waals surface area contributed by atoms with Crippen molar-refractivity contribution in [1.82, 2.24) is 9.55 Å². The average molecular weight is 279 g/mol. The molecule has 0 saturated heterocycles. The number of benzene rings is 2. The summed E-state index contributed by atoms with van der Waals surface area (Å²) < 4.78 is 7.83. The summed E-state index contributed by atoms with van der Waals surface area (Å²) >= 11 is 0. The second-order valence-electron chi connectivity index (χ2n) is 4.89. The van der Waals surface area contributed by atoms with Crippen LogP contribution in [0.1, 0.15) is 18.7 Å². The van der Waals surface area contributed by atoms with Crippen LogP contribution in [0.4, 0.5) is 0 Å². The molecule has 0 spiro atoms. The SMILES string of the molecule is CC(N)c1cncn1-c1cccc(Oc2ccccc2)c1. The van der Waals surface area contributed by atoms with Gasteiger partial charge in [-0.15, -0.1) is 0 Å². The fraction of sp³-hybridized carbons (Fsp3) is 0.118. The number of imidazole rings is 1. The number of rotatable bonds is 4. The van der Waals surface area contributed by atoms with Gasteiger partial charge in [0, 0.05) is 12.1 Å². The van der Waals surface area contributed by atoms with Gasteiger partial charge in [0.25, 0.3) is 0 Å². The van der Waals surface area contributed by atoms with E-state index in [4.69, 9.17) is 10.5 Å². The summed E-state index contributed by atoms with van der Waals surface area (Å²) in [5.74, 6) is 1.59. The van der Waals surface area contributed by atoms with E-state index >= 15 is 0 Å². The van der Waals surface area contributed by atoms with Crippen molar-refractivity contribution in [2.45, 2.75) is 13.0 Å². The minimum absolute atomic E-state index is 0.0776. The van der Waals surface area contributed by atoms with Crippen LogP contribution in [0, 0.1) is 0 Å². The number of ether oxygens (including phenoxy) is 1. The van der Waals surface area contributed by atoms with Crippen LogP contribution in [0.3, 0.4) is 0 Å². The third-order valence-electron chi connectivity index (χ3n) is 3.21. The van der Waals surface area contributed by atoms with Gasteiger partial charge in [0.2, 0.25) is 0 Å². The summed E-state index contributed by atoms with van der Waals surface area (Å²) in [5.41, 5.74) is 7.91. The summed E-state index contributed by atoms with van der Waals surface area (Å²) in [4.78, 5) is 4.18. The normalized spacial score (nSPS) is 12.1. The first-order chi connectivity index (χ1) is 10.2. The molecule has 0 aliphatic rings. The van der Waals surface area contributed by atoms with Gasteiger partial charge >= 0.3 is 0 Å². The molecular weight excluding hydrogens is 262 g/mol. The van der Waals surface area contributed by atoms with Gasteiger partial charge in [-0.1, -0.05) is 24.3 Å². The molecule has 2 N–H and O–H groups in total. The first-order valence-electron chi connectivity index (χ1n) is 6.85. The lowest BCUT2D eigenvalue weighted by atomic mass is 10.2. The van der Waals surface area contributed by atoms with E-state index in [0.29, 0.717) is 0 Å². The summed E-state index contributed by atoms with van der Waals surface area (Å²) in [6.45, 7) is 1.94. The van der Waals surface area contributed by atoms with Crippen molar-refractivity contribution in [3.63, 3.8) is 0 Å². The van der Waals surface area contributed by atoms with Crippen molar-refractivity contribution in [1.29, 1.82) is 0 Å². The predicted molar refractivity (Wildman–Crippen MR) is 82.7 cm³/mol. The number of hydrogen-bond acceptors (Lipinski definition) is 3. The maximum Gasteiger partial charge on any atom is 0.129 e. The number of nitrogens with two attached hydrogens (primary N) is 1. The van der Waals surface area contributed by atoms with E-state index in [-0.39, 0.29) is 6.04 Å². The van der Waals surface area contributed by atoms with Crippen LogP contribution in [0.25, 0.3) is 5.69 Å². The highest BCUT2D eigenvalue weighted by Crippen LogP contribution is 2.24. The molecule has 3 rings (SSSR count). The van der Waals surface area contributed by atoms with Crippen molar-refractivity contribution in [2.24, 2.45) is 5.73 Å². The summed E-state index contributed by atoms with van der Waals surface area (Å²) in [5, 5.41) is 0. The topological polar surface area (TPSA) is 53.1 Å². The summed E-state index contributed by atoms with van der Waals surface area (Å²) in [6.07, 6.45) is 3.55. The molecule has 2 aromatic carbocycles. The maximum absolute atomic E-state index is 5.97. The number of hydrogen-bond donors (Lipinski definition) is 1. The molecule has 0 fully saturated rings. The molecular formula is C17H17N3O. The molecule has 106 valence electrons. The first-order valence-corrected chi connectivity index (χ1v) is 6.85. The fourth-order valence-corrected chi connectivity index (χ4v) is 2.18. The minimum Gasteiger partial charge on any atom is -0.457 e. The van der Waals surface area contributed by atoms with Gasteiger partial charge in [0.15, 0.2) is 0 Å². The lowest BCUT2D eigenvalue weighted by Gasteiger charge is -2.12. The van der Waals surface area contributed by atoms with Crippen molar-refractivity contribution in [2.75, 3.05) is 0 Å². The van der Waals surface area contributed by atoms with E-state index in [1.807, 2.05) is 66.1 Å². The van der Waals surface area contributed by atoms with Crippen LogP contribution in [0.5, 0.6) is 11.5 Å². The monoisotopic (exact) mass is 279 g/mol. The lowest BCUT2D eigenvalue weighted by molar-refractivity contribution is 0.482. The van der Waals surface area contributed by atoms with Gasteiger partial charge < -0.3 is 15.0 Å². The Balaban J connectivity index is 1.91. The van der Waals surface area contributed by atoms with E-state index in [2.05, 4.69) is 4.98 Å². The van der Waals surface area contributed by atoms with Crippen molar-refractivity contribution in [3.05, 3.63) is 72.8 Å². The van der Waals surface area contributed by atoms with Gasteiger partial charge in [-0.25, -0.2) is 4.98 Å². The van der Waals surface area contributed by atoms with Crippen LogP contribution in [-0.4, -0.2) is 9.55 Å². The lowest BCUT2D eigenvalue weighted by Crippen LogP contribution is -2.10. The molecule has 0 saturated carbocycles. The Kier molecular flexibility index (Phi) is 3.71. The molecule has 3 aromatic rings. The van der Waals surface area contributed by atoms with E-state index in [1.54, 1.807) is 12.5 Å². The van der Waals surface area contributed by atoms with E-state index in [1.165, 1.54) is 0 Å². The molecule has 0 aliphatic heterocycles. The molecule has 1 heterocycles. The maximum atomic E-state index is 5.97. The molecule has 21 heavy (non-hydrogen) atoms. The second kappa shape index (κ2) is 5.81. The Morgan fingerprint density at radius 1 is 1.05 bits per heavy atom. The van der Waals surface area contributed by atoms with Crippen LogP contribution in [0.2, 0.25) is 0 Å². The Bertz CT molecular complexity index is 720. The minimum atomic E-state index is -0.0776. The Morgan fingerprint density at radius 2 is 1.81 bits per heavy atom. The highest BCUT2D eigenvalue weighted by Gasteiger charge is 2.09. The van der Waals surface area contributed by atoms with E-state index < -0.39 is 0 Å². The highest BCUT2D eigenvalue weighted by atomic mass is 16.5. The van der Waals surface area contributed by atoms with Gasteiger partial charge in [0.1, 0.15) is 11.5 Å². The zero-order valence-corrected chi connectivity index (χ0v) is 11.8. The van der Waals surface area contributed by atoms with Crippen LogP contribution in [0.15, 0.2) is 67.1 Å². The highest BCUT2D eigenvalue weighted by molar-refractivity contribution is 5.42. The number of para-hydroxylation sites is 1. The molecule has 1 unspecified atom stereocenters. The average Bonchev–Trinajstić information content (AvgIpc) is 2.98. The summed E-state index contributed by atoms with van der Waals surface area (Å²) in [7, 11) is 0. The van der Waals surface area contributed by atoms with E-state index in [0.717, 1.165) is 22.9 Å². The zero-order chi connectivity index (χ0) is 14.7. The van der Waals surface area contributed by atoms with Crippen molar-refractivity contribution >= 4 is 0 Å². The smallest absolute Gasteiger partial charge is 0.129 e. The van der Waals surface area contributed by atoms with Crippen molar-refractivity contribution < 1.29 is 4.74 Å². The molecule has 4 heteroatoms. The van der Waals surface area contributed by atoms with Gasteiger partial charge in [-0.2, -0.15) is 0 Å². The second-order valence-corrected chi connectivity index (χ2v) is 4.89. The molecule has 1 atom stereocenters. The van der Waals surface area contributed by atoms with E-state index in [9.17, 15) is 0 Å². The van der Waals surface area contributed by atoms with Gasteiger partial charge in [-0.05, 0) is 31.2 Å². The molecule has 4 nitrogen and oxygen atoms in total. The molecule has 1 aromatic heterocycles. The van der Waals surface area contributed by atoms with Crippen LogP contribution in [-0.2, 0) is 0 Å². The molecule has 0 amide bonds. The predicted octanol–water partition coefficient (Wildman–Crippen LogP) is 3.68. The summed E-state index contributed by atoms with van der Waals surface area (Å²) in [6, 6.07) is 17.5. The Morgan fingerprint density at radius 3 is 2.57 bits per heavy atom. The van der Waals surface area contributed by atoms with Crippen molar-refractivity contribution in [3.8, 4) is 17.2 Å². The fourth-order valence-electron chi connectivity index (χ4n) is 2.18. The zero-order valence-electron chi connectivity index (χ0n) is 11.8. The standard InChI is InChI=1S/C17H17N3O/c1-13(18)17-11-19-12-20(17)14-6-5-9-16(10-14)21-15-7-3-2-4-8-15/h2-13H,18H2,1H3. The van der Waals surface area contributed by atoms with Crippen LogP contribution >= 0.6 is 0 Å².